The molecule has 2 rings (SSSR count). The number of terminal acetylenes is 1. The highest BCUT2D eigenvalue weighted by Gasteiger charge is 2.44. The van der Waals surface area contributed by atoms with Crippen molar-refractivity contribution in [2.24, 2.45) is 5.92 Å². The maximum atomic E-state index is 6.09. The fraction of sp³-hybridized carbons (Fsp3) is 0.467. The van der Waals surface area contributed by atoms with Crippen molar-refractivity contribution in [2.75, 3.05) is 5.73 Å². The van der Waals surface area contributed by atoms with Crippen LogP contribution >= 0.6 is 0 Å². The lowest BCUT2D eigenvalue weighted by Crippen LogP contribution is -2.24. The van der Waals surface area contributed by atoms with Gasteiger partial charge >= 0.3 is 0 Å². The molecule has 84 valence electrons. The molecule has 1 nitrogen and oxygen atoms in total. The predicted molar refractivity (Wildman–Crippen MR) is 69.2 cm³/mol. The Morgan fingerprint density at radius 3 is 2.69 bits per heavy atom. The van der Waals surface area contributed by atoms with Gasteiger partial charge in [-0.2, -0.15) is 0 Å². The Hall–Kier alpha value is -1.42. The summed E-state index contributed by atoms with van der Waals surface area (Å²) in [6.07, 6.45) is 6.31. The molecule has 0 fully saturated rings. The third kappa shape index (κ3) is 1.33. The van der Waals surface area contributed by atoms with Gasteiger partial charge in [0.1, 0.15) is 0 Å². The molecule has 0 saturated heterocycles. The topological polar surface area (TPSA) is 26.0 Å². The van der Waals surface area contributed by atoms with Gasteiger partial charge in [0.2, 0.25) is 0 Å². The zero-order valence-electron chi connectivity index (χ0n) is 10.2. The summed E-state index contributed by atoms with van der Waals surface area (Å²) in [6, 6.07) is 6.23. The Morgan fingerprint density at radius 2 is 2.12 bits per heavy atom. The molecule has 0 saturated carbocycles. The number of anilines is 1. The SMILES string of the molecule is C#CCC1C(C)c2c(N)cccc2C1(C)C. The lowest BCUT2D eigenvalue weighted by molar-refractivity contribution is 0.320. The van der Waals surface area contributed by atoms with E-state index in [1.165, 1.54) is 11.1 Å². The van der Waals surface area contributed by atoms with E-state index in [4.69, 9.17) is 12.2 Å². The first kappa shape index (κ1) is 11.1. The molecular formula is C15H19N. The number of nitrogen functional groups attached to an aromatic ring is 1. The molecule has 0 bridgehead atoms. The van der Waals surface area contributed by atoms with Crippen LogP contribution in [0.3, 0.4) is 0 Å². The van der Waals surface area contributed by atoms with Crippen LogP contribution in [0.15, 0.2) is 18.2 Å². The third-order valence-corrected chi connectivity index (χ3v) is 4.16. The van der Waals surface area contributed by atoms with Gasteiger partial charge in [0.15, 0.2) is 0 Å². The van der Waals surface area contributed by atoms with E-state index >= 15 is 0 Å². The Balaban J connectivity index is 2.58. The van der Waals surface area contributed by atoms with Gasteiger partial charge in [0.05, 0.1) is 0 Å². The first-order valence-corrected chi connectivity index (χ1v) is 5.82. The van der Waals surface area contributed by atoms with Crippen molar-refractivity contribution in [1.82, 2.24) is 0 Å². The fourth-order valence-electron chi connectivity index (χ4n) is 3.24. The molecule has 0 aliphatic heterocycles. The van der Waals surface area contributed by atoms with E-state index in [0.29, 0.717) is 11.8 Å². The molecule has 2 atom stereocenters. The number of hydrogen-bond acceptors (Lipinski definition) is 1. The number of benzene rings is 1. The van der Waals surface area contributed by atoms with Crippen molar-refractivity contribution in [3.63, 3.8) is 0 Å². The monoisotopic (exact) mass is 213 g/mol. The van der Waals surface area contributed by atoms with Crippen LogP contribution in [-0.2, 0) is 5.41 Å². The molecule has 2 N–H and O–H groups in total. The highest BCUT2D eigenvalue weighted by Crippen LogP contribution is 2.53. The number of hydrogen-bond donors (Lipinski definition) is 1. The lowest BCUT2D eigenvalue weighted by atomic mass is 9.75. The van der Waals surface area contributed by atoms with Crippen molar-refractivity contribution in [2.45, 2.75) is 38.5 Å². The Bertz CT molecular complexity index is 451. The van der Waals surface area contributed by atoms with Crippen molar-refractivity contribution in [3.05, 3.63) is 29.3 Å². The molecule has 1 heteroatoms. The van der Waals surface area contributed by atoms with E-state index in [1.807, 2.05) is 12.1 Å². The normalized spacial score (nSPS) is 26.1. The lowest BCUT2D eigenvalue weighted by Gasteiger charge is -2.28. The van der Waals surface area contributed by atoms with E-state index < -0.39 is 0 Å². The molecule has 1 aliphatic rings. The molecule has 1 aromatic carbocycles. The van der Waals surface area contributed by atoms with Crippen molar-refractivity contribution >= 4 is 5.69 Å². The minimum absolute atomic E-state index is 0.135. The molecule has 0 spiro atoms. The summed E-state index contributed by atoms with van der Waals surface area (Å²) in [5.74, 6) is 3.77. The maximum absolute atomic E-state index is 6.09. The smallest absolute Gasteiger partial charge is 0.0352 e. The molecule has 2 unspecified atom stereocenters. The highest BCUT2D eigenvalue weighted by molar-refractivity contribution is 5.58. The van der Waals surface area contributed by atoms with E-state index in [1.54, 1.807) is 0 Å². The van der Waals surface area contributed by atoms with Crippen LogP contribution in [0.25, 0.3) is 0 Å². The van der Waals surface area contributed by atoms with Gasteiger partial charge < -0.3 is 5.73 Å². The molecule has 0 amide bonds. The fourth-order valence-corrected chi connectivity index (χ4v) is 3.24. The van der Waals surface area contributed by atoms with Gasteiger partial charge in [-0.25, -0.2) is 0 Å². The predicted octanol–water partition coefficient (Wildman–Crippen LogP) is 3.30. The highest BCUT2D eigenvalue weighted by atomic mass is 14.6. The second kappa shape index (κ2) is 3.56. The first-order valence-electron chi connectivity index (χ1n) is 5.82. The summed E-state index contributed by atoms with van der Waals surface area (Å²) < 4.78 is 0. The van der Waals surface area contributed by atoms with Crippen LogP contribution in [0.4, 0.5) is 5.69 Å². The van der Waals surface area contributed by atoms with Gasteiger partial charge in [-0.15, -0.1) is 12.3 Å². The van der Waals surface area contributed by atoms with Gasteiger partial charge in [0.25, 0.3) is 0 Å². The Kier molecular flexibility index (Phi) is 2.46. The second-order valence-corrected chi connectivity index (χ2v) is 5.33. The third-order valence-electron chi connectivity index (χ3n) is 4.16. The molecule has 16 heavy (non-hydrogen) atoms. The average molecular weight is 213 g/mol. The van der Waals surface area contributed by atoms with Crippen molar-refractivity contribution in [1.29, 1.82) is 0 Å². The van der Waals surface area contributed by atoms with Crippen LogP contribution in [-0.4, -0.2) is 0 Å². The van der Waals surface area contributed by atoms with Gasteiger partial charge in [0, 0.05) is 12.1 Å². The maximum Gasteiger partial charge on any atom is 0.0352 e. The first-order chi connectivity index (χ1) is 7.50. The van der Waals surface area contributed by atoms with E-state index in [-0.39, 0.29) is 5.41 Å². The Labute approximate surface area is 98.0 Å². The molecule has 0 heterocycles. The zero-order valence-corrected chi connectivity index (χ0v) is 10.2. The summed E-state index contributed by atoms with van der Waals surface area (Å²) in [5, 5.41) is 0. The van der Waals surface area contributed by atoms with Crippen LogP contribution in [0.5, 0.6) is 0 Å². The standard InChI is InChI=1S/C15H19N/c1-5-7-11-10(2)14-12(15(11,3)4)8-6-9-13(14)16/h1,6,8-11H,7,16H2,2-4H3. The minimum atomic E-state index is 0.135. The number of nitrogens with two attached hydrogens (primary N) is 1. The minimum Gasteiger partial charge on any atom is -0.398 e. The van der Waals surface area contributed by atoms with Crippen molar-refractivity contribution in [3.8, 4) is 12.3 Å². The molecule has 1 aliphatic carbocycles. The van der Waals surface area contributed by atoms with Gasteiger partial charge in [-0.1, -0.05) is 32.9 Å². The summed E-state index contributed by atoms with van der Waals surface area (Å²) in [6.45, 7) is 6.79. The van der Waals surface area contributed by atoms with Crippen molar-refractivity contribution < 1.29 is 0 Å². The van der Waals surface area contributed by atoms with E-state index in [9.17, 15) is 0 Å². The van der Waals surface area contributed by atoms with E-state index in [2.05, 4.69) is 32.8 Å². The van der Waals surface area contributed by atoms with Crippen LogP contribution in [0.1, 0.15) is 44.2 Å². The van der Waals surface area contributed by atoms with Crippen LogP contribution in [0, 0.1) is 18.3 Å². The largest absolute Gasteiger partial charge is 0.398 e. The quantitative estimate of drug-likeness (QED) is 0.562. The average Bonchev–Trinajstić information content (AvgIpc) is 2.41. The Morgan fingerprint density at radius 1 is 1.44 bits per heavy atom. The number of rotatable bonds is 1. The second-order valence-electron chi connectivity index (χ2n) is 5.33. The molecule has 0 radical (unpaired) electrons. The van der Waals surface area contributed by atoms with E-state index in [0.717, 1.165) is 12.1 Å². The molecule has 1 aromatic rings. The van der Waals surface area contributed by atoms with Gasteiger partial charge in [-0.05, 0) is 34.4 Å². The summed E-state index contributed by atoms with van der Waals surface area (Å²) in [4.78, 5) is 0. The number of fused-ring (bicyclic) bond motifs is 1. The summed E-state index contributed by atoms with van der Waals surface area (Å²) >= 11 is 0. The molecule has 0 aromatic heterocycles. The summed E-state index contributed by atoms with van der Waals surface area (Å²) in [7, 11) is 0. The van der Waals surface area contributed by atoms with Crippen LogP contribution in [0.2, 0.25) is 0 Å². The molecular weight excluding hydrogens is 194 g/mol. The van der Waals surface area contributed by atoms with Gasteiger partial charge in [-0.3, -0.25) is 0 Å². The zero-order chi connectivity index (χ0) is 11.9. The van der Waals surface area contributed by atoms with Crippen LogP contribution < -0.4 is 5.73 Å². The summed E-state index contributed by atoms with van der Waals surface area (Å²) in [5.41, 5.74) is 9.83.